The SMILES string of the molecule is COC(CCCNc1nc2cc(Br)ccc2cc1[N+](=O)[O-])OC. The molecule has 0 spiro atoms. The number of nitrogens with zero attached hydrogens (tertiary/aromatic N) is 2. The Labute approximate surface area is 142 Å². The molecule has 7 nitrogen and oxygen atoms in total. The molecular weight excluding hydrogens is 366 g/mol. The molecule has 0 aliphatic heterocycles. The number of ether oxygens (including phenoxy) is 2. The largest absolute Gasteiger partial charge is 0.364 e. The van der Waals surface area contributed by atoms with Crippen LogP contribution in [0, 0.1) is 10.1 Å². The molecule has 1 aromatic carbocycles. The third-order valence-electron chi connectivity index (χ3n) is 3.39. The van der Waals surface area contributed by atoms with Crippen LogP contribution in [0.4, 0.5) is 11.5 Å². The average molecular weight is 384 g/mol. The Balaban J connectivity index is 2.14. The summed E-state index contributed by atoms with van der Waals surface area (Å²) in [5, 5.41) is 15.0. The van der Waals surface area contributed by atoms with Gasteiger partial charge in [0.05, 0.1) is 10.4 Å². The number of pyridine rings is 1. The molecule has 0 fully saturated rings. The van der Waals surface area contributed by atoms with Crippen LogP contribution < -0.4 is 5.32 Å². The second-order valence-corrected chi connectivity index (χ2v) is 5.84. The maximum atomic E-state index is 11.2. The van der Waals surface area contributed by atoms with Crippen LogP contribution in [0.2, 0.25) is 0 Å². The van der Waals surface area contributed by atoms with Gasteiger partial charge in [0, 0.05) is 36.7 Å². The topological polar surface area (TPSA) is 86.5 Å². The lowest BCUT2D eigenvalue weighted by Gasteiger charge is -2.13. The summed E-state index contributed by atoms with van der Waals surface area (Å²) in [5.41, 5.74) is 0.661. The van der Waals surface area contributed by atoms with Crippen LogP contribution in [0.25, 0.3) is 10.9 Å². The van der Waals surface area contributed by atoms with E-state index in [9.17, 15) is 10.1 Å². The maximum absolute atomic E-state index is 11.2. The Morgan fingerprint density at radius 3 is 2.74 bits per heavy atom. The van der Waals surface area contributed by atoms with Crippen LogP contribution in [-0.4, -0.2) is 37.0 Å². The Hall–Kier alpha value is -1.77. The molecule has 0 amide bonds. The van der Waals surface area contributed by atoms with Gasteiger partial charge in [0.2, 0.25) is 5.82 Å². The van der Waals surface area contributed by atoms with E-state index in [-0.39, 0.29) is 17.8 Å². The zero-order valence-electron chi connectivity index (χ0n) is 12.9. The third-order valence-corrected chi connectivity index (χ3v) is 3.88. The van der Waals surface area contributed by atoms with Crippen LogP contribution >= 0.6 is 15.9 Å². The Kier molecular flexibility index (Phi) is 6.26. The smallest absolute Gasteiger partial charge is 0.312 e. The van der Waals surface area contributed by atoms with E-state index in [2.05, 4.69) is 26.2 Å². The number of aromatic nitrogens is 1. The highest BCUT2D eigenvalue weighted by atomic mass is 79.9. The fourth-order valence-electron chi connectivity index (χ4n) is 2.21. The molecule has 0 radical (unpaired) electrons. The van der Waals surface area contributed by atoms with Crippen molar-refractivity contribution in [2.24, 2.45) is 0 Å². The summed E-state index contributed by atoms with van der Waals surface area (Å²) in [6.07, 6.45) is 1.15. The van der Waals surface area contributed by atoms with E-state index in [1.54, 1.807) is 20.3 Å². The van der Waals surface area contributed by atoms with Gasteiger partial charge in [-0.3, -0.25) is 10.1 Å². The zero-order chi connectivity index (χ0) is 16.8. The molecule has 0 aliphatic carbocycles. The lowest BCUT2D eigenvalue weighted by atomic mass is 10.2. The molecule has 1 aromatic heterocycles. The lowest BCUT2D eigenvalue weighted by molar-refractivity contribution is -0.384. The molecule has 2 aromatic rings. The molecule has 8 heteroatoms. The van der Waals surface area contributed by atoms with Crippen LogP contribution in [0.15, 0.2) is 28.7 Å². The van der Waals surface area contributed by atoms with Gasteiger partial charge in [-0.1, -0.05) is 22.0 Å². The predicted octanol–water partition coefficient (Wildman–Crippen LogP) is 3.72. The van der Waals surface area contributed by atoms with Gasteiger partial charge >= 0.3 is 5.69 Å². The molecular formula is C15H18BrN3O4. The fraction of sp³-hybridized carbons (Fsp3) is 0.400. The van der Waals surface area contributed by atoms with E-state index in [1.165, 1.54) is 6.07 Å². The van der Waals surface area contributed by atoms with Gasteiger partial charge in [-0.2, -0.15) is 0 Å². The summed E-state index contributed by atoms with van der Waals surface area (Å²) in [5.74, 6) is 0.270. The van der Waals surface area contributed by atoms with Crippen LogP contribution in [0.1, 0.15) is 12.8 Å². The molecule has 0 saturated carbocycles. The first-order valence-electron chi connectivity index (χ1n) is 7.09. The number of methoxy groups -OCH3 is 2. The van der Waals surface area contributed by atoms with Crippen molar-refractivity contribution in [2.45, 2.75) is 19.1 Å². The van der Waals surface area contributed by atoms with Gasteiger partial charge in [-0.05, 0) is 25.0 Å². The third kappa shape index (κ3) is 4.60. The summed E-state index contributed by atoms with van der Waals surface area (Å²) in [6.45, 7) is 0.538. The molecule has 23 heavy (non-hydrogen) atoms. The van der Waals surface area contributed by atoms with Gasteiger partial charge in [0.15, 0.2) is 6.29 Å². The first-order valence-corrected chi connectivity index (χ1v) is 7.88. The standard InChI is InChI=1S/C15H18BrN3O4/c1-22-14(23-2)4-3-7-17-15-13(19(20)21)8-10-5-6-11(16)9-12(10)18-15/h5-6,8-9,14H,3-4,7H2,1-2H3,(H,17,18). The number of benzene rings is 1. The number of nitro groups is 1. The minimum absolute atomic E-state index is 0.0325. The number of hydrogen-bond donors (Lipinski definition) is 1. The van der Waals surface area contributed by atoms with Gasteiger partial charge < -0.3 is 14.8 Å². The van der Waals surface area contributed by atoms with Crippen LogP contribution in [0.5, 0.6) is 0 Å². The summed E-state index contributed by atoms with van der Waals surface area (Å²) >= 11 is 3.38. The van der Waals surface area contributed by atoms with Gasteiger partial charge in [0.1, 0.15) is 0 Å². The number of halogens is 1. The molecule has 0 unspecified atom stereocenters. The van der Waals surface area contributed by atoms with E-state index in [4.69, 9.17) is 9.47 Å². The van der Waals surface area contributed by atoms with Crippen LogP contribution in [-0.2, 0) is 9.47 Å². The Morgan fingerprint density at radius 2 is 2.09 bits per heavy atom. The molecule has 1 heterocycles. The second kappa shape index (κ2) is 8.19. The second-order valence-electron chi connectivity index (χ2n) is 4.92. The number of fused-ring (bicyclic) bond motifs is 1. The maximum Gasteiger partial charge on any atom is 0.312 e. The molecule has 1 N–H and O–H groups in total. The van der Waals surface area contributed by atoms with Crippen LogP contribution in [0.3, 0.4) is 0 Å². The van der Waals surface area contributed by atoms with Crippen molar-refractivity contribution >= 4 is 38.3 Å². The highest BCUT2D eigenvalue weighted by molar-refractivity contribution is 9.10. The minimum Gasteiger partial charge on any atom is -0.364 e. The summed E-state index contributed by atoms with van der Waals surface area (Å²) in [6, 6.07) is 6.99. The Morgan fingerprint density at radius 1 is 1.35 bits per heavy atom. The molecule has 0 atom stereocenters. The van der Waals surface area contributed by atoms with Crippen molar-refractivity contribution in [1.29, 1.82) is 0 Å². The van der Waals surface area contributed by atoms with Crippen molar-refractivity contribution in [1.82, 2.24) is 4.98 Å². The highest BCUT2D eigenvalue weighted by Crippen LogP contribution is 2.28. The van der Waals surface area contributed by atoms with E-state index in [1.807, 2.05) is 12.1 Å². The molecule has 0 bridgehead atoms. The molecule has 0 aliphatic rings. The Bertz CT molecular complexity index is 692. The predicted molar refractivity (Wildman–Crippen MR) is 91.6 cm³/mol. The number of anilines is 1. The monoisotopic (exact) mass is 383 g/mol. The van der Waals surface area contributed by atoms with E-state index >= 15 is 0 Å². The van der Waals surface area contributed by atoms with E-state index in [0.717, 1.165) is 16.3 Å². The summed E-state index contributed by atoms with van der Waals surface area (Å²) in [4.78, 5) is 15.2. The van der Waals surface area contributed by atoms with E-state index < -0.39 is 4.92 Å². The molecule has 2 rings (SSSR count). The van der Waals surface area contributed by atoms with Gasteiger partial charge in [0.25, 0.3) is 0 Å². The molecule has 0 saturated heterocycles. The lowest BCUT2D eigenvalue weighted by Crippen LogP contribution is -2.15. The minimum atomic E-state index is -0.427. The normalized spacial score (nSPS) is 11.1. The highest BCUT2D eigenvalue weighted by Gasteiger charge is 2.17. The number of rotatable bonds is 8. The van der Waals surface area contributed by atoms with Crippen molar-refractivity contribution in [3.63, 3.8) is 0 Å². The summed E-state index contributed by atoms with van der Waals surface area (Å²) < 4.78 is 11.1. The number of nitrogens with one attached hydrogen (secondary N) is 1. The van der Waals surface area contributed by atoms with E-state index in [0.29, 0.717) is 18.5 Å². The fourth-order valence-corrected chi connectivity index (χ4v) is 2.55. The number of hydrogen-bond acceptors (Lipinski definition) is 6. The summed E-state index contributed by atoms with van der Waals surface area (Å²) in [7, 11) is 3.16. The van der Waals surface area contributed by atoms with Crippen molar-refractivity contribution in [3.8, 4) is 0 Å². The quantitative estimate of drug-likeness (QED) is 0.323. The zero-order valence-corrected chi connectivity index (χ0v) is 14.5. The van der Waals surface area contributed by atoms with Crippen molar-refractivity contribution in [2.75, 3.05) is 26.1 Å². The first-order chi connectivity index (χ1) is 11.0. The van der Waals surface area contributed by atoms with Crippen molar-refractivity contribution < 1.29 is 14.4 Å². The van der Waals surface area contributed by atoms with Gasteiger partial charge in [-0.25, -0.2) is 4.98 Å². The first kappa shape index (κ1) is 17.6. The van der Waals surface area contributed by atoms with Crippen molar-refractivity contribution in [3.05, 3.63) is 38.9 Å². The average Bonchev–Trinajstić information content (AvgIpc) is 2.54. The molecule has 124 valence electrons. The van der Waals surface area contributed by atoms with Gasteiger partial charge in [-0.15, -0.1) is 0 Å².